The summed E-state index contributed by atoms with van der Waals surface area (Å²) in [6.45, 7) is 11.5. The molecule has 1 fully saturated rings. The van der Waals surface area contributed by atoms with Crippen LogP contribution in [0.3, 0.4) is 0 Å². The number of nitrogens with zero attached hydrogens (tertiary/aromatic N) is 1. The van der Waals surface area contributed by atoms with Crippen molar-refractivity contribution in [1.29, 1.82) is 0 Å². The normalized spacial score (nSPS) is 15.3. The zero-order valence-corrected chi connectivity index (χ0v) is 13.0. The first-order valence-corrected chi connectivity index (χ1v) is 6.92. The molecule has 0 atom stereocenters. The molecule has 0 spiro atoms. The van der Waals surface area contributed by atoms with E-state index in [1.165, 1.54) is 0 Å². The van der Waals surface area contributed by atoms with Crippen molar-refractivity contribution < 1.29 is 32.0 Å². The number of amides is 2. The van der Waals surface area contributed by atoms with Gasteiger partial charge in [0.1, 0.15) is 0 Å². The van der Waals surface area contributed by atoms with E-state index in [2.05, 4.69) is 39.4 Å². The van der Waals surface area contributed by atoms with Crippen molar-refractivity contribution in [3.05, 3.63) is 5.32 Å². The molecular weight excluding hydrogens is 394 g/mol. The number of carbonyl (C=O) groups excluding carboxylic acids is 2. The maximum atomic E-state index is 10.1. The molecule has 0 N–H and O–H groups in total. The van der Waals surface area contributed by atoms with Crippen LogP contribution in [-0.4, -0.2) is 30.3 Å². The van der Waals surface area contributed by atoms with Crippen molar-refractivity contribution in [3.8, 4) is 0 Å². The smallest absolute Gasteiger partial charge is 0.596 e. The van der Waals surface area contributed by atoms with Crippen molar-refractivity contribution in [1.82, 2.24) is 0 Å². The van der Waals surface area contributed by atoms with Gasteiger partial charge in [-0.15, -0.1) is 7.92 Å². The molecule has 1 heterocycles. The van der Waals surface area contributed by atoms with Crippen molar-refractivity contribution >= 4 is 19.7 Å². The largest absolute Gasteiger partial charge is 1.00 e. The molecule has 1 aliphatic rings. The quantitative estimate of drug-likeness (QED) is 0.349. The molecule has 1 saturated heterocycles. The summed E-state index contributed by atoms with van der Waals surface area (Å²) in [7, 11) is 0.258. The molecule has 15 heavy (non-hydrogen) atoms. The standard InChI is InChI=1S/C6H15P.C4H5NO2.Au/c1-6(2,3)7(4)5;6-3-1-2-4(7)5-3;/h1-5H3;1-2H2,(H,5,6,7);/q;;+1/p-1. The van der Waals surface area contributed by atoms with Gasteiger partial charge in [-0.2, -0.15) is 0 Å². The first kappa shape index (κ1) is 17.7. The van der Waals surface area contributed by atoms with Gasteiger partial charge in [0.2, 0.25) is 0 Å². The molecule has 0 saturated carbocycles. The van der Waals surface area contributed by atoms with Gasteiger partial charge >= 0.3 is 22.4 Å². The summed E-state index contributed by atoms with van der Waals surface area (Å²) in [6, 6.07) is 0. The van der Waals surface area contributed by atoms with E-state index < -0.39 is 0 Å². The fraction of sp³-hybridized carbons (Fsp3) is 0.800. The molecule has 2 amide bonds. The third kappa shape index (κ3) is 9.25. The Labute approximate surface area is 109 Å². The predicted molar refractivity (Wildman–Crippen MR) is 61.1 cm³/mol. The molecule has 0 radical (unpaired) electrons. The van der Waals surface area contributed by atoms with Crippen LogP contribution in [0.2, 0.25) is 0 Å². The Bertz CT molecular complexity index is 210. The van der Waals surface area contributed by atoms with Crippen LogP contribution in [0, 0.1) is 0 Å². The minimum absolute atomic E-state index is 0. The molecular formula is C10H19AuNO2P. The topological polar surface area (TPSA) is 48.2 Å². The van der Waals surface area contributed by atoms with Crippen molar-refractivity contribution in [2.24, 2.45) is 0 Å². The van der Waals surface area contributed by atoms with Gasteiger partial charge in [0, 0.05) is 0 Å². The monoisotopic (exact) mass is 413 g/mol. The average molecular weight is 413 g/mol. The number of carbonyl (C=O) groups is 2. The maximum absolute atomic E-state index is 10.1. The fourth-order valence-electron chi connectivity index (χ4n) is 0.465. The number of rotatable bonds is 0. The third-order valence-electron chi connectivity index (χ3n) is 2.14. The predicted octanol–water partition coefficient (Wildman–Crippen LogP) is 2.73. The van der Waals surface area contributed by atoms with E-state index in [4.69, 9.17) is 0 Å². The van der Waals surface area contributed by atoms with Crippen molar-refractivity contribution in [2.45, 2.75) is 38.8 Å². The minimum atomic E-state index is -0.273. The van der Waals surface area contributed by atoms with E-state index in [9.17, 15) is 9.59 Å². The van der Waals surface area contributed by atoms with Gasteiger partial charge in [-0.3, -0.25) is 0 Å². The van der Waals surface area contributed by atoms with Crippen LogP contribution in [0.4, 0.5) is 0 Å². The fourth-order valence-corrected chi connectivity index (χ4v) is 0.465. The van der Waals surface area contributed by atoms with Crippen LogP contribution < -0.4 is 0 Å². The van der Waals surface area contributed by atoms with Gasteiger partial charge in [-0.1, -0.05) is 20.8 Å². The average Bonchev–Trinajstić information content (AvgIpc) is 2.33. The Hall–Kier alpha value is 0.310. The number of hydrogen-bond acceptors (Lipinski definition) is 2. The third-order valence-corrected chi connectivity index (χ3v) is 4.83. The SMILES string of the molecule is CP(C)C(C)(C)C.O=C1CCC(=O)[N-]1.[Au+]. The Morgan fingerprint density at radius 2 is 1.33 bits per heavy atom. The van der Waals surface area contributed by atoms with Crippen molar-refractivity contribution in [3.63, 3.8) is 0 Å². The van der Waals surface area contributed by atoms with Crippen LogP contribution in [-0.2, 0) is 32.0 Å². The Kier molecular flexibility index (Phi) is 8.92. The second kappa shape index (κ2) is 7.56. The summed E-state index contributed by atoms with van der Waals surface area (Å²) < 4.78 is 0. The van der Waals surface area contributed by atoms with Crippen LogP contribution in [0.15, 0.2) is 0 Å². The maximum Gasteiger partial charge on any atom is 1.00 e. The van der Waals surface area contributed by atoms with Gasteiger partial charge in [0.15, 0.2) is 0 Å². The van der Waals surface area contributed by atoms with Crippen LogP contribution in [0.5, 0.6) is 0 Å². The molecule has 3 nitrogen and oxygen atoms in total. The van der Waals surface area contributed by atoms with E-state index >= 15 is 0 Å². The second-order valence-corrected chi connectivity index (χ2v) is 7.60. The van der Waals surface area contributed by atoms with E-state index in [1.54, 1.807) is 0 Å². The summed E-state index contributed by atoms with van der Waals surface area (Å²) in [4.78, 5) is 20.1. The Morgan fingerprint density at radius 1 is 1.07 bits per heavy atom. The molecule has 92 valence electrons. The summed E-state index contributed by atoms with van der Waals surface area (Å²) in [5, 5.41) is 3.68. The first-order valence-electron chi connectivity index (χ1n) is 4.68. The van der Waals surface area contributed by atoms with E-state index in [-0.39, 0.29) is 42.1 Å². The molecule has 1 aliphatic heterocycles. The van der Waals surface area contributed by atoms with E-state index in [0.717, 1.165) is 0 Å². The van der Waals surface area contributed by atoms with E-state index in [1.807, 2.05) is 0 Å². The molecule has 0 aliphatic carbocycles. The van der Waals surface area contributed by atoms with Gasteiger partial charge < -0.3 is 14.9 Å². The molecule has 0 aromatic heterocycles. The van der Waals surface area contributed by atoms with E-state index in [0.29, 0.717) is 18.0 Å². The van der Waals surface area contributed by atoms with Gasteiger partial charge in [0.25, 0.3) is 0 Å². The van der Waals surface area contributed by atoms with Crippen LogP contribution in [0.1, 0.15) is 33.6 Å². The van der Waals surface area contributed by atoms with Crippen LogP contribution >= 0.6 is 7.92 Å². The summed E-state index contributed by atoms with van der Waals surface area (Å²) in [6.07, 6.45) is 0.637. The summed E-state index contributed by atoms with van der Waals surface area (Å²) in [5.41, 5.74) is 0. The summed E-state index contributed by atoms with van der Waals surface area (Å²) in [5.74, 6) is -0.546. The van der Waals surface area contributed by atoms with Gasteiger partial charge in [0.05, 0.1) is 11.8 Å². The molecule has 0 unspecified atom stereocenters. The molecule has 5 heteroatoms. The molecule has 0 aromatic rings. The second-order valence-electron chi connectivity index (χ2n) is 4.46. The summed E-state index contributed by atoms with van der Waals surface area (Å²) >= 11 is 0. The van der Waals surface area contributed by atoms with Crippen LogP contribution in [0.25, 0.3) is 5.32 Å². The van der Waals surface area contributed by atoms with Gasteiger partial charge in [-0.25, -0.2) is 0 Å². The Balaban J connectivity index is 0. The zero-order chi connectivity index (χ0) is 11.4. The molecule has 1 rings (SSSR count). The van der Waals surface area contributed by atoms with Gasteiger partial charge in [-0.05, 0) is 31.3 Å². The first-order chi connectivity index (χ1) is 6.23. The minimum Gasteiger partial charge on any atom is -0.596 e. The number of hydrogen-bond donors (Lipinski definition) is 0. The Morgan fingerprint density at radius 3 is 1.40 bits per heavy atom. The molecule has 0 bridgehead atoms. The zero-order valence-electron chi connectivity index (χ0n) is 9.93. The number of imide groups is 1. The molecule has 0 aromatic carbocycles. The van der Waals surface area contributed by atoms with Crippen molar-refractivity contribution in [2.75, 3.05) is 13.3 Å².